The number of benzene rings is 1. The van der Waals surface area contributed by atoms with Gasteiger partial charge in [-0.2, -0.15) is 0 Å². The van der Waals surface area contributed by atoms with Gasteiger partial charge in [0.15, 0.2) is 0 Å². The quantitative estimate of drug-likeness (QED) is 0.445. The number of phenols is 2. The number of rotatable bonds is 7. The highest BCUT2D eigenvalue weighted by molar-refractivity contribution is 5.92. The van der Waals surface area contributed by atoms with Crippen LogP contribution in [-0.4, -0.2) is 40.1 Å². The molecule has 0 saturated carbocycles. The zero-order valence-electron chi connectivity index (χ0n) is 13.9. The van der Waals surface area contributed by atoms with Crippen molar-refractivity contribution in [2.24, 2.45) is 0 Å². The Morgan fingerprint density at radius 2 is 1.65 bits per heavy atom. The minimum Gasteiger partial charge on any atom is -0.508 e. The highest BCUT2D eigenvalue weighted by Crippen LogP contribution is 2.23. The number of aromatic hydroxyl groups is 2. The number of aromatic nitrogens is 1. The summed E-state index contributed by atoms with van der Waals surface area (Å²) >= 11 is 0. The molecule has 0 bridgehead atoms. The first-order valence-corrected chi connectivity index (χ1v) is 7.89. The number of amides is 2. The lowest BCUT2D eigenvalue weighted by Gasteiger charge is -2.03. The molecule has 7 heteroatoms. The minimum atomic E-state index is -0.365. The molecule has 2 aromatic rings. The van der Waals surface area contributed by atoms with Crippen LogP contribution in [0.3, 0.4) is 0 Å². The number of phenolic OH excluding ortho intramolecular Hbond substituents is 2. The largest absolute Gasteiger partial charge is 0.508 e. The van der Waals surface area contributed by atoms with Gasteiger partial charge >= 0.3 is 0 Å². The first-order valence-electron chi connectivity index (χ1n) is 7.89. The Hall–Kier alpha value is -3.61. The van der Waals surface area contributed by atoms with E-state index in [2.05, 4.69) is 15.6 Å². The molecule has 0 aliphatic carbocycles. The van der Waals surface area contributed by atoms with Gasteiger partial charge in [-0.25, -0.2) is 0 Å². The highest BCUT2D eigenvalue weighted by Gasteiger charge is 2.01. The van der Waals surface area contributed by atoms with E-state index in [1.165, 1.54) is 36.4 Å². The minimum absolute atomic E-state index is 0.0584. The molecule has 1 aromatic carbocycles. The first kappa shape index (κ1) is 18.7. The molecular formula is C19H19N3O4. The number of carbonyl (C=O) groups excluding carboxylic acids is 2. The van der Waals surface area contributed by atoms with Crippen molar-refractivity contribution >= 4 is 24.0 Å². The maximum Gasteiger partial charge on any atom is 0.244 e. The van der Waals surface area contributed by atoms with Crippen LogP contribution in [0, 0.1) is 0 Å². The number of hydrogen-bond acceptors (Lipinski definition) is 5. The van der Waals surface area contributed by atoms with E-state index in [0.29, 0.717) is 11.3 Å². The van der Waals surface area contributed by atoms with E-state index in [-0.39, 0.29) is 36.4 Å². The fraction of sp³-hybridized carbons (Fsp3) is 0.105. The van der Waals surface area contributed by atoms with Gasteiger partial charge in [-0.15, -0.1) is 0 Å². The normalized spacial score (nSPS) is 10.9. The van der Waals surface area contributed by atoms with E-state index in [0.717, 1.165) is 0 Å². The number of nitrogens with zero attached hydrogens (tertiary/aromatic N) is 1. The average Bonchev–Trinajstić information content (AvgIpc) is 2.63. The highest BCUT2D eigenvalue weighted by atomic mass is 16.3. The van der Waals surface area contributed by atoms with Gasteiger partial charge in [0.25, 0.3) is 0 Å². The fourth-order valence-electron chi connectivity index (χ4n) is 1.96. The van der Waals surface area contributed by atoms with E-state index in [1.54, 1.807) is 24.4 Å². The molecule has 0 aliphatic rings. The maximum absolute atomic E-state index is 11.7. The Kier molecular flexibility index (Phi) is 6.93. The average molecular weight is 353 g/mol. The van der Waals surface area contributed by atoms with Crippen molar-refractivity contribution in [3.05, 3.63) is 66.0 Å². The van der Waals surface area contributed by atoms with E-state index in [9.17, 15) is 19.8 Å². The summed E-state index contributed by atoms with van der Waals surface area (Å²) < 4.78 is 0. The summed E-state index contributed by atoms with van der Waals surface area (Å²) in [5.41, 5.74) is 1.09. The van der Waals surface area contributed by atoms with Crippen molar-refractivity contribution in [3.63, 3.8) is 0 Å². The molecule has 0 fully saturated rings. The number of hydrogen-bond donors (Lipinski definition) is 4. The third-order valence-corrected chi connectivity index (χ3v) is 3.24. The van der Waals surface area contributed by atoms with Gasteiger partial charge in [-0.05, 0) is 36.4 Å². The zero-order valence-corrected chi connectivity index (χ0v) is 13.9. The van der Waals surface area contributed by atoms with Crippen molar-refractivity contribution in [2.45, 2.75) is 0 Å². The molecule has 0 atom stereocenters. The lowest BCUT2D eigenvalue weighted by Crippen LogP contribution is -2.33. The van der Waals surface area contributed by atoms with Crippen LogP contribution in [0.25, 0.3) is 12.2 Å². The van der Waals surface area contributed by atoms with Crippen LogP contribution in [0.1, 0.15) is 11.3 Å². The number of nitrogens with one attached hydrogen (secondary N) is 2. The van der Waals surface area contributed by atoms with Gasteiger partial charge in [0, 0.05) is 43.1 Å². The lowest BCUT2D eigenvalue weighted by atomic mass is 10.2. The number of pyridine rings is 1. The Balaban J connectivity index is 1.69. The van der Waals surface area contributed by atoms with E-state index >= 15 is 0 Å². The third kappa shape index (κ3) is 6.48. The summed E-state index contributed by atoms with van der Waals surface area (Å²) in [6, 6.07) is 9.48. The summed E-state index contributed by atoms with van der Waals surface area (Å²) in [6.07, 6.45) is 7.30. The van der Waals surface area contributed by atoms with Crippen molar-refractivity contribution in [1.29, 1.82) is 0 Å². The summed E-state index contributed by atoms with van der Waals surface area (Å²) in [7, 11) is 0. The van der Waals surface area contributed by atoms with E-state index in [4.69, 9.17) is 0 Å². The van der Waals surface area contributed by atoms with Gasteiger partial charge in [0.05, 0.1) is 5.69 Å². The topological polar surface area (TPSA) is 112 Å². The number of carbonyl (C=O) groups is 2. The second-order valence-corrected chi connectivity index (χ2v) is 5.25. The Bertz CT molecular complexity index is 817. The summed E-state index contributed by atoms with van der Waals surface area (Å²) in [5, 5.41) is 24.1. The van der Waals surface area contributed by atoms with Crippen molar-refractivity contribution in [2.75, 3.05) is 13.1 Å². The molecule has 0 radical (unpaired) electrons. The van der Waals surface area contributed by atoms with Crippen LogP contribution in [-0.2, 0) is 9.59 Å². The molecule has 0 aliphatic heterocycles. The van der Waals surface area contributed by atoms with Crippen LogP contribution >= 0.6 is 0 Å². The smallest absolute Gasteiger partial charge is 0.244 e. The van der Waals surface area contributed by atoms with Gasteiger partial charge in [0.2, 0.25) is 11.8 Å². The van der Waals surface area contributed by atoms with Crippen LogP contribution in [0.4, 0.5) is 0 Å². The maximum atomic E-state index is 11.7. The molecule has 4 N–H and O–H groups in total. The summed E-state index contributed by atoms with van der Waals surface area (Å²) in [5.74, 6) is -0.830. The van der Waals surface area contributed by atoms with Gasteiger partial charge in [-0.3, -0.25) is 14.6 Å². The third-order valence-electron chi connectivity index (χ3n) is 3.24. The molecular weight excluding hydrogens is 334 g/mol. The van der Waals surface area contributed by atoms with Crippen LogP contribution in [0.5, 0.6) is 11.5 Å². The van der Waals surface area contributed by atoms with Crippen LogP contribution in [0.2, 0.25) is 0 Å². The predicted molar refractivity (Wildman–Crippen MR) is 98.1 cm³/mol. The van der Waals surface area contributed by atoms with Crippen LogP contribution in [0.15, 0.2) is 54.7 Å². The molecule has 0 unspecified atom stereocenters. The summed E-state index contributed by atoms with van der Waals surface area (Å²) in [4.78, 5) is 27.4. The zero-order chi connectivity index (χ0) is 18.8. The molecule has 2 amide bonds. The molecule has 2 rings (SSSR count). The molecule has 26 heavy (non-hydrogen) atoms. The second-order valence-electron chi connectivity index (χ2n) is 5.25. The Morgan fingerprint density at radius 1 is 0.962 bits per heavy atom. The van der Waals surface area contributed by atoms with Crippen molar-refractivity contribution in [3.8, 4) is 11.5 Å². The molecule has 134 valence electrons. The van der Waals surface area contributed by atoms with Gasteiger partial charge < -0.3 is 20.8 Å². The van der Waals surface area contributed by atoms with Gasteiger partial charge in [-0.1, -0.05) is 6.07 Å². The Morgan fingerprint density at radius 3 is 2.27 bits per heavy atom. The molecule has 7 nitrogen and oxygen atoms in total. The second kappa shape index (κ2) is 9.63. The fourth-order valence-corrected chi connectivity index (χ4v) is 1.96. The Labute approximate surface area is 150 Å². The first-order chi connectivity index (χ1) is 12.5. The van der Waals surface area contributed by atoms with E-state index < -0.39 is 0 Å². The van der Waals surface area contributed by atoms with Crippen LogP contribution < -0.4 is 10.6 Å². The molecule has 1 heterocycles. The van der Waals surface area contributed by atoms with Crippen molar-refractivity contribution in [1.82, 2.24) is 15.6 Å². The lowest BCUT2D eigenvalue weighted by molar-refractivity contribution is -0.118. The SMILES string of the molecule is O=C(/C=C/c1ccccn1)NCCNC(=O)/C=C/c1ccc(O)cc1O. The van der Waals surface area contributed by atoms with E-state index in [1.807, 2.05) is 6.07 Å². The van der Waals surface area contributed by atoms with Gasteiger partial charge in [0.1, 0.15) is 11.5 Å². The molecule has 0 spiro atoms. The molecule has 0 saturated heterocycles. The monoisotopic (exact) mass is 353 g/mol. The predicted octanol–water partition coefficient (Wildman–Crippen LogP) is 1.45. The van der Waals surface area contributed by atoms with Crippen molar-refractivity contribution < 1.29 is 19.8 Å². The summed E-state index contributed by atoms with van der Waals surface area (Å²) in [6.45, 7) is 0.531. The standard InChI is InChI=1S/C19H19N3O4/c23-16-7-4-14(17(24)13-16)5-8-18(25)21-11-12-22-19(26)9-6-15-3-1-2-10-20-15/h1-10,13,23-24H,11-12H2,(H,21,25)(H,22,26)/b8-5+,9-6+. The molecule has 1 aromatic heterocycles.